The van der Waals surface area contributed by atoms with E-state index in [0.29, 0.717) is 18.9 Å². The lowest BCUT2D eigenvalue weighted by molar-refractivity contribution is 0.0692. The Morgan fingerprint density at radius 1 is 1.47 bits per heavy atom. The Kier molecular flexibility index (Phi) is 3.78. The van der Waals surface area contributed by atoms with Crippen LogP contribution in [0.2, 0.25) is 0 Å². The normalized spacial score (nSPS) is 17.3. The molecule has 3 N–H and O–H groups in total. The zero-order chi connectivity index (χ0) is 14.0. The van der Waals surface area contributed by atoms with Crippen molar-refractivity contribution in [3.63, 3.8) is 0 Å². The molecule has 1 aromatic heterocycles. The fourth-order valence-corrected chi connectivity index (χ4v) is 3.03. The fourth-order valence-electron chi connectivity index (χ4n) is 1.83. The van der Waals surface area contributed by atoms with Crippen molar-refractivity contribution in [2.75, 3.05) is 31.0 Å². The third-order valence-electron chi connectivity index (χ3n) is 2.72. The third-order valence-corrected chi connectivity index (χ3v) is 4.24. The van der Waals surface area contributed by atoms with Crippen molar-refractivity contribution in [2.45, 2.75) is 6.92 Å². The van der Waals surface area contributed by atoms with Crippen LogP contribution in [0.15, 0.2) is 6.07 Å². The second kappa shape index (κ2) is 5.19. The van der Waals surface area contributed by atoms with E-state index in [1.165, 1.54) is 10.4 Å². The molecule has 0 unspecified atom stereocenters. The van der Waals surface area contributed by atoms with Crippen molar-refractivity contribution < 1.29 is 23.1 Å². The summed E-state index contributed by atoms with van der Waals surface area (Å²) < 4.78 is 32.8. The van der Waals surface area contributed by atoms with Crippen LogP contribution in [0.5, 0.6) is 0 Å². The van der Waals surface area contributed by atoms with Gasteiger partial charge in [0.15, 0.2) is 0 Å². The number of rotatable bonds is 4. The predicted octanol–water partition coefficient (Wildman–Crippen LogP) is 0.0102. The van der Waals surface area contributed by atoms with E-state index in [-0.39, 0.29) is 24.5 Å². The van der Waals surface area contributed by atoms with E-state index in [2.05, 4.69) is 9.71 Å². The van der Waals surface area contributed by atoms with Crippen LogP contribution in [0.1, 0.15) is 16.2 Å². The average Bonchev–Trinajstić information content (AvgIpc) is 2.71. The number of hydrogen-bond acceptors (Lipinski definition) is 4. The molecule has 0 atom stereocenters. The molecule has 0 amide bonds. The van der Waals surface area contributed by atoms with E-state index in [4.69, 9.17) is 9.84 Å². The molecule has 1 saturated heterocycles. The van der Waals surface area contributed by atoms with E-state index in [0.717, 1.165) is 0 Å². The lowest BCUT2D eigenvalue weighted by atomic mass is 10.4. The highest BCUT2D eigenvalue weighted by molar-refractivity contribution is 7.90. The summed E-state index contributed by atoms with van der Waals surface area (Å²) in [4.78, 5) is 13.6. The minimum absolute atomic E-state index is 0.0384. The van der Waals surface area contributed by atoms with E-state index in [9.17, 15) is 13.2 Å². The van der Waals surface area contributed by atoms with Gasteiger partial charge in [-0.25, -0.2) is 4.79 Å². The quantitative estimate of drug-likeness (QED) is 0.723. The molecule has 1 aliphatic heterocycles. The molecule has 8 nitrogen and oxygen atoms in total. The zero-order valence-corrected chi connectivity index (χ0v) is 11.2. The molecule has 0 bridgehead atoms. The summed E-state index contributed by atoms with van der Waals surface area (Å²) in [6.45, 7) is 2.82. The second-order valence-electron chi connectivity index (χ2n) is 4.16. The van der Waals surface area contributed by atoms with E-state index >= 15 is 0 Å². The molecule has 1 aliphatic rings. The summed E-state index contributed by atoms with van der Waals surface area (Å²) in [6.07, 6.45) is 0. The maximum Gasteiger partial charge on any atom is 0.354 e. The number of nitrogens with zero attached hydrogens (tertiary/aromatic N) is 1. The van der Waals surface area contributed by atoms with Crippen LogP contribution in [0.4, 0.5) is 5.69 Å². The molecule has 19 heavy (non-hydrogen) atoms. The third kappa shape index (κ3) is 3.06. The van der Waals surface area contributed by atoms with Crippen molar-refractivity contribution in [2.24, 2.45) is 0 Å². The average molecular weight is 289 g/mol. The zero-order valence-electron chi connectivity index (χ0n) is 10.3. The Bertz CT molecular complexity index is 574. The maximum atomic E-state index is 12.1. The van der Waals surface area contributed by atoms with Gasteiger partial charge in [0.25, 0.3) is 0 Å². The molecule has 1 fully saturated rings. The standard InChI is InChI=1S/C10H15N3O5S/c1-7-6-8(9(11-7)10(14)15)12-19(16,17)13-2-4-18-5-3-13/h6,11-12H,2-5H2,1H3,(H,14,15). The van der Waals surface area contributed by atoms with Gasteiger partial charge in [0.1, 0.15) is 5.69 Å². The van der Waals surface area contributed by atoms with Gasteiger partial charge < -0.3 is 14.8 Å². The van der Waals surface area contributed by atoms with Crippen molar-refractivity contribution in [3.8, 4) is 0 Å². The number of carboxylic acids is 1. The highest BCUT2D eigenvalue weighted by Gasteiger charge is 2.26. The molecule has 0 aliphatic carbocycles. The summed E-state index contributed by atoms with van der Waals surface area (Å²) in [5, 5.41) is 8.99. The summed E-state index contributed by atoms with van der Waals surface area (Å²) in [7, 11) is -3.76. The molecule has 0 spiro atoms. The van der Waals surface area contributed by atoms with Gasteiger partial charge in [-0.1, -0.05) is 0 Å². The van der Waals surface area contributed by atoms with E-state index in [1.54, 1.807) is 6.92 Å². The van der Waals surface area contributed by atoms with E-state index < -0.39 is 16.2 Å². The van der Waals surface area contributed by atoms with Crippen LogP contribution in [-0.4, -0.2) is 55.1 Å². The largest absolute Gasteiger partial charge is 0.477 e. The molecule has 2 heterocycles. The minimum atomic E-state index is -3.76. The molecule has 9 heteroatoms. The van der Waals surface area contributed by atoms with Crippen LogP contribution in [-0.2, 0) is 14.9 Å². The number of aromatic amines is 1. The van der Waals surface area contributed by atoms with Crippen molar-refractivity contribution >= 4 is 21.9 Å². The Labute approximate surface area is 110 Å². The molecule has 106 valence electrons. The van der Waals surface area contributed by atoms with Gasteiger partial charge in [-0.2, -0.15) is 12.7 Å². The number of H-pyrrole nitrogens is 1. The first-order valence-corrected chi connectivity index (χ1v) is 7.12. The Morgan fingerprint density at radius 3 is 2.68 bits per heavy atom. The Morgan fingerprint density at radius 2 is 2.11 bits per heavy atom. The summed E-state index contributed by atoms with van der Waals surface area (Å²) in [5.41, 5.74) is 0.433. The number of aryl methyl sites for hydroxylation is 1. The number of morpholine rings is 1. The molecule has 0 saturated carbocycles. The number of aromatic carboxylic acids is 1. The number of aromatic nitrogens is 1. The van der Waals surface area contributed by atoms with E-state index in [1.807, 2.05) is 0 Å². The summed E-state index contributed by atoms with van der Waals surface area (Å²) in [6, 6.07) is 1.45. The number of carboxylic acid groups (broad SMARTS) is 1. The monoisotopic (exact) mass is 289 g/mol. The molecule has 2 rings (SSSR count). The first kappa shape index (κ1) is 13.8. The number of carbonyl (C=O) groups is 1. The Hall–Kier alpha value is -1.58. The number of nitrogens with one attached hydrogen (secondary N) is 2. The van der Waals surface area contributed by atoms with Crippen LogP contribution >= 0.6 is 0 Å². The summed E-state index contributed by atoms with van der Waals surface area (Å²) in [5.74, 6) is -1.22. The number of anilines is 1. The predicted molar refractivity (Wildman–Crippen MR) is 67.4 cm³/mol. The first-order valence-electron chi connectivity index (χ1n) is 5.68. The van der Waals surface area contributed by atoms with Crippen molar-refractivity contribution in [3.05, 3.63) is 17.5 Å². The topological polar surface area (TPSA) is 112 Å². The first-order chi connectivity index (χ1) is 8.90. The van der Waals surface area contributed by atoms with Crippen LogP contribution in [0.3, 0.4) is 0 Å². The SMILES string of the molecule is Cc1cc(NS(=O)(=O)N2CCOCC2)c(C(=O)O)[nH]1. The van der Waals surface area contributed by atoms with Crippen LogP contribution in [0.25, 0.3) is 0 Å². The summed E-state index contributed by atoms with van der Waals surface area (Å²) >= 11 is 0. The van der Waals surface area contributed by atoms with Gasteiger partial charge in [-0.3, -0.25) is 4.72 Å². The van der Waals surface area contributed by atoms with Crippen molar-refractivity contribution in [1.29, 1.82) is 0 Å². The smallest absolute Gasteiger partial charge is 0.354 e. The lowest BCUT2D eigenvalue weighted by Gasteiger charge is -2.26. The number of ether oxygens (including phenoxy) is 1. The minimum Gasteiger partial charge on any atom is -0.477 e. The lowest BCUT2D eigenvalue weighted by Crippen LogP contribution is -2.43. The van der Waals surface area contributed by atoms with Gasteiger partial charge in [-0.05, 0) is 13.0 Å². The van der Waals surface area contributed by atoms with Gasteiger partial charge in [-0.15, -0.1) is 0 Å². The molecular formula is C10H15N3O5S. The highest BCUT2D eigenvalue weighted by atomic mass is 32.2. The second-order valence-corrected chi connectivity index (χ2v) is 5.84. The molecular weight excluding hydrogens is 274 g/mol. The number of hydrogen-bond donors (Lipinski definition) is 3. The van der Waals surface area contributed by atoms with Crippen LogP contribution < -0.4 is 4.72 Å². The molecule has 0 aromatic carbocycles. The Balaban J connectivity index is 2.22. The van der Waals surface area contributed by atoms with Crippen LogP contribution in [0, 0.1) is 6.92 Å². The van der Waals surface area contributed by atoms with Gasteiger partial charge in [0.2, 0.25) is 0 Å². The molecule has 0 radical (unpaired) electrons. The highest BCUT2D eigenvalue weighted by Crippen LogP contribution is 2.19. The van der Waals surface area contributed by atoms with Crippen molar-refractivity contribution in [1.82, 2.24) is 9.29 Å². The van der Waals surface area contributed by atoms with Gasteiger partial charge in [0.05, 0.1) is 18.9 Å². The fraction of sp³-hybridized carbons (Fsp3) is 0.500. The van der Waals surface area contributed by atoms with Gasteiger partial charge >= 0.3 is 16.2 Å². The molecule has 1 aromatic rings. The van der Waals surface area contributed by atoms with Gasteiger partial charge in [0, 0.05) is 18.8 Å². The maximum absolute atomic E-state index is 12.1.